The lowest BCUT2D eigenvalue weighted by molar-refractivity contribution is -0.385. The lowest BCUT2D eigenvalue weighted by atomic mass is 10.0. The van der Waals surface area contributed by atoms with Gasteiger partial charge in [-0.2, -0.15) is 18.3 Å². The molecule has 0 aliphatic heterocycles. The maximum atomic E-state index is 13.6. The van der Waals surface area contributed by atoms with E-state index in [4.69, 9.17) is 5.73 Å². The molecule has 3 aromatic heterocycles. The molecular formula is C21H14F4N6O4S. The van der Waals surface area contributed by atoms with Crippen LogP contribution in [0.3, 0.4) is 0 Å². The van der Waals surface area contributed by atoms with Gasteiger partial charge in [0, 0.05) is 11.9 Å². The smallest absolute Gasteiger partial charge is 0.365 e. The Hall–Kier alpha value is -4.40. The highest BCUT2D eigenvalue weighted by molar-refractivity contribution is 7.21. The van der Waals surface area contributed by atoms with Crippen molar-refractivity contribution >= 4 is 44.7 Å². The van der Waals surface area contributed by atoms with Crippen LogP contribution < -0.4 is 11.1 Å². The lowest BCUT2D eigenvalue weighted by Crippen LogP contribution is -2.21. The van der Waals surface area contributed by atoms with Gasteiger partial charge in [-0.05, 0) is 36.2 Å². The first-order chi connectivity index (χ1) is 16.9. The van der Waals surface area contributed by atoms with Crippen LogP contribution in [0.5, 0.6) is 0 Å². The van der Waals surface area contributed by atoms with E-state index in [0.717, 1.165) is 23.0 Å². The highest BCUT2D eigenvalue weighted by atomic mass is 32.1. The fourth-order valence-corrected chi connectivity index (χ4v) is 4.56. The molecule has 0 aliphatic carbocycles. The summed E-state index contributed by atoms with van der Waals surface area (Å²) < 4.78 is 55.3. The molecule has 0 bridgehead atoms. The number of fused-ring (bicyclic) bond motifs is 1. The number of hydrogen-bond donors (Lipinski definition) is 2. The van der Waals surface area contributed by atoms with E-state index in [9.17, 15) is 37.3 Å². The summed E-state index contributed by atoms with van der Waals surface area (Å²) in [5, 5.41) is 17.5. The van der Waals surface area contributed by atoms with E-state index in [1.807, 2.05) is 0 Å². The maximum Gasteiger partial charge on any atom is 0.433 e. The predicted octanol–water partition coefficient (Wildman–Crippen LogP) is 4.60. The van der Waals surface area contributed by atoms with Crippen molar-refractivity contribution in [1.29, 1.82) is 0 Å². The Morgan fingerprint density at radius 1 is 1.25 bits per heavy atom. The van der Waals surface area contributed by atoms with Crippen LogP contribution in [-0.2, 0) is 12.7 Å². The van der Waals surface area contributed by atoms with E-state index in [0.29, 0.717) is 17.4 Å². The van der Waals surface area contributed by atoms with Gasteiger partial charge in [0.15, 0.2) is 0 Å². The van der Waals surface area contributed by atoms with Crippen LogP contribution in [-0.4, -0.2) is 31.5 Å². The van der Waals surface area contributed by atoms with Gasteiger partial charge in [-0.3, -0.25) is 24.4 Å². The standard InChI is InChI=1S/C21H14F4N6O4S/c1-2-30-16(12(8-27-30)31(34)35)19(33)29-15-14-11(9-3-5-10(22)6-4-9)7-13(21(23,24)25)28-20(14)36-17(15)18(26)32/h3-8H,2H2,1H3,(H2,26,32)(H,29,33). The highest BCUT2D eigenvalue weighted by Crippen LogP contribution is 2.44. The number of aryl methyl sites for hydroxylation is 1. The van der Waals surface area contributed by atoms with Gasteiger partial charge in [0.05, 0.1) is 10.6 Å². The van der Waals surface area contributed by atoms with Gasteiger partial charge in [0.25, 0.3) is 11.8 Å². The number of nitrogens with zero attached hydrogens (tertiary/aromatic N) is 4. The summed E-state index contributed by atoms with van der Waals surface area (Å²) in [7, 11) is 0. The number of anilines is 1. The Bertz CT molecular complexity index is 1530. The van der Waals surface area contributed by atoms with Gasteiger partial charge in [-0.25, -0.2) is 9.37 Å². The Morgan fingerprint density at radius 2 is 1.92 bits per heavy atom. The Labute approximate surface area is 202 Å². The van der Waals surface area contributed by atoms with E-state index in [2.05, 4.69) is 15.4 Å². The molecule has 3 N–H and O–H groups in total. The molecule has 10 nitrogen and oxygen atoms in total. The molecule has 4 aromatic rings. The number of aromatic nitrogens is 3. The first-order valence-electron chi connectivity index (χ1n) is 10.0. The molecule has 15 heteroatoms. The van der Waals surface area contributed by atoms with E-state index in [1.165, 1.54) is 12.1 Å². The SMILES string of the molecule is CCn1ncc([N+](=O)[O-])c1C(=O)Nc1c(C(N)=O)sc2nc(C(F)(F)F)cc(-c3ccc(F)cc3)c12. The van der Waals surface area contributed by atoms with Gasteiger partial charge in [0.2, 0.25) is 5.69 Å². The van der Waals surface area contributed by atoms with Crippen molar-refractivity contribution in [3.05, 3.63) is 68.7 Å². The molecule has 0 atom stereocenters. The second-order valence-electron chi connectivity index (χ2n) is 7.32. The minimum absolute atomic E-state index is 0.0769. The van der Waals surface area contributed by atoms with Crippen molar-refractivity contribution < 1.29 is 32.1 Å². The van der Waals surface area contributed by atoms with Crippen molar-refractivity contribution in [1.82, 2.24) is 14.8 Å². The largest absolute Gasteiger partial charge is 0.433 e. The first-order valence-corrected chi connectivity index (χ1v) is 10.9. The van der Waals surface area contributed by atoms with Crippen LogP contribution in [0.1, 0.15) is 32.8 Å². The zero-order valence-electron chi connectivity index (χ0n) is 18.1. The number of carbonyl (C=O) groups is 2. The quantitative estimate of drug-likeness (QED) is 0.215. The second-order valence-corrected chi connectivity index (χ2v) is 8.31. The van der Waals surface area contributed by atoms with E-state index < -0.39 is 45.8 Å². The third-order valence-corrected chi connectivity index (χ3v) is 6.20. The van der Waals surface area contributed by atoms with Gasteiger partial charge in [-0.1, -0.05) is 12.1 Å². The highest BCUT2D eigenvalue weighted by Gasteiger charge is 2.35. The molecule has 0 unspecified atom stereocenters. The summed E-state index contributed by atoms with van der Waals surface area (Å²) in [4.78, 5) is 38.9. The van der Waals surface area contributed by atoms with Crippen molar-refractivity contribution in [2.24, 2.45) is 5.73 Å². The molecule has 0 spiro atoms. The summed E-state index contributed by atoms with van der Waals surface area (Å²) in [6.07, 6.45) is -3.99. The number of nitrogens with two attached hydrogens (primary N) is 1. The molecule has 2 amide bonds. The molecule has 186 valence electrons. The number of pyridine rings is 1. The molecule has 0 aliphatic rings. The molecule has 1 aromatic carbocycles. The minimum Gasteiger partial charge on any atom is -0.365 e. The number of carbonyl (C=O) groups excluding carboxylic acids is 2. The van der Waals surface area contributed by atoms with Gasteiger partial charge in [0.1, 0.15) is 27.4 Å². The zero-order chi connectivity index (χ0) is 26.4. The molecule has 0 fully saturated rings. The number of thiophene rings is 1. The average Bonchev–Trinajstić information content (AvgIpc) is 3.40. The molecule has 0 radical (unpaired) electrons. The number of hydrogen-bond acceptors (Lipinski definition) is 7. The van der Waals surface area contributed by atoms with Gasteiger partial charge < -0.3 is 11.1 Å². The lowest BCUT2D eigenvalue weighted by Gasteiger charge is -2.12. The van der Waals surface area contributed by atoms with Crippen LogP contribution in [0.4, 0.5) is 28.9 Å². The second kappa shape index (κ2) is 8.99. The zero-order valence-corrected chi connectivity index (χ0v) is 18.9. The third kappa shape index (κ3) is 4.35. The normalized spacial score (nSPS) is 11.6. The van der Waals surface area contributed by atoms with Crippen LogP contribution in [0.15, 0.2) is 36.5 Å². The monoisotopic (exact) mass is 522 g/mol. The molecule has 4 rings (SSSR count). The van der Waals surface area contributed by atoms with E-state index in [1.54, 1.807) is 6.92 Å². The molecule has 0 saturated heterocycles. The van der Waals surface area contributed by atoms with E-state index in [-0.39, 0.29) is 38.5 Å². The number of benzene rings is 1. The Morgan fingerprint density at radius 3 is 2.47 bits per heavy atom. The number of amides is 2. The van der Waals surface area contributed by atoms with Crippen molar-refractivity contribution in [2.75, 3.05) is 5.32 Å². The number of alkyl halides is 3. The topological polar surface area (TPSA) is 146 Å². The molecule has 0 saturated carbocycles. The molecular weight excluding hydrogens is 508 g/mol. The summed E-state index contributed by atoms with van der Waals surface area (Å²) in [6.45, 7) is 1.67. The summed E-state index contributed by atoms with van der Waals surface area (Å²) in [5.74, 6) is -2.77. The van der Waals surface area contributed by atoms with Crippen LogP contribution in [0, 0.1) is 15.9 Å². The number of primary amides is 1. The predicted molar refractivity (Wildman–Crippen MR) is 121 cm³/mol. The average molecular weight is 522 g/mol. The van der Waals surface area contributed by atoms with Crippen LogP contribution >= 0.6 is 11.3 Å². The number of rotatable bonds is 6. The minimum atomic E-state index is -4.86. The fourth-order valence-electron chi connectivity index (χ4n) is 3.55. The first kappa shape index (κ1) is 24.7. The van der Waals surface area contributed by atoms with Crippen LogP contribution in [0.25, 0.3) is 21.3 Å². The maximum absolute atomic E-state index is 13.6. The summed E-state index contributed by atoms with van der Waals surface area (Å²) in [6, 6.07) is 5.18. The Balaban J connectivity index is 1.99. The molecule has 3 heterocycles. The Kier molecular flexibility index (Phi) is 6.17. The number of halogens is 4. The fraction of sp³-hybridized carbons (Fsp3) is 0.143. The van der Waals surface area contributed by atoms with Gasteiger partial charge in [-0.15, -0.1) is 11.3 Å². The number of nitro groups is 1. The summed E-state index contributed by atoms with van der Waals surface area (Å²) in [5.41, 5.74) is 2.80. The van der Waals surface area contributed by atoms with E-state index >= 15 is 0 Å². The van der Waals surface area contributed by atoms with Crippen molar-refractivity contribution in [2.45, 2.75) is 19.6 Å². The third-order valence-electron chi connectivity index (χ3n) is 5.10. The van der Waals surface area contributed by atoms with Crippen molar-refractivity contribution in [3.8, 4) is 11.1 Å². The van der Waals surface area contributed by atoms with Gasteiger partial charge >= 0.3 is 11.9 Å². The molecule has 36 heavy (non-hydrogen) atoms. The summed E-state index contributed by atoms with van der Waals surface area (Å²) >= 11 is 0.503. The number of nitrogens with one attached hydrogen (secondary N) is 1. The van der Waals surface area contributed by atoms with Crippen LogP contribution in [0.2, 0.25) is 0 Å². The van der Waals surface area contributed by atoms with Crippen molar-refractivity contribution in [3.63, 3.8) is 0 Å².